The summed E-state index contributed by atoms with van der Waals surface area (Å²) in [5.74, 6) is 0.255. The van der Waals surface area contributed by atoms with Gasteiger partial charge in [-0.15, -0.1) is 0 Å². The number of hydrogen-bond acceptors (Lipinski definition) is 3. The van der Waals surface area contributed by atoms with Crippen LogP contribution in [-0.2, 0) is 23.1 Å². The summed E-state index contributed by atoms with van der Waals surface area (Å²) >= 11 is 0. The average Bonchev–Trinajstić information content (AvgIpc) is 3.28. The molecule has 2 aromatic rings. The number of halogens is 1. The molecule has 168 valence electrons. The van der Waals surface area contributed by atoms with Crippen LogP contribution in [0.25, 0.3) is 0 Å². The predicted molar refractivity (Wildman–Crippen MR) is 123 cm³/mol. The average molecular weight is 445 g/mol. The Kier molecular flexibility index (Phi) is 7.09. The Morgan fingerprint density at radius 3 is 2.26 bits per heavy atom. The molecule has 2 fully saturated rings. The maximum atomic E-state index is 13.2. The molecule has 1 heterocycles. The molecule has 31 heavy (non-hydrogen) atoms. The lowest BCUT2D eigenvalue weighted by Crippen LogP contribution is -2.38. The summed E-state index contributed by atoms with van der Waals surface area (Å²) in [6.07, 6.45) is 7.63. The van der Waals surface area contributed by atoms with Crippen molar-refractivity contribution >= 4 is 10.0 Å². The van der Waals surface area contributed by atoms with Crippen LogP contribution in [0.15, 0.2) is 48.5 Å². The first-order chi connectivity index (χ1) is 14.9. The second-order valence-electron chi connectivity index (χ2n) is 9.12. The van der Waals surface area contributed by atoms with E-state index in [2.05, 4.69) is 23.1 Å². The third-order valence-corrected chi connectivity index (χ3v) is 8.17. The van der Waals surface area contributed by atoms with Crippen LogP contribution in [0, 0.1) is 5.82 Å². The molecule has 1 aliphatic heterocycles. The minimum absolute atomic E-state index is 0.139. The first-order valence-corrected chi connectivity index (χ1v) is 13.3. The number of piperidine rings is 1. The minimum atomic E-state index is -3.24. The number of sulfonamides is 1. The molecule has 0 spiro atoms. The highest BCUT2D eigenvalue weighted by atomic mass is 32.2. The summed E-state index contributed by atoms with van der Waals surface area (Å²) in [4.78, 5) is 2.42. The Morgan fingerprint density at radius 1 is 0.968 bits per heavy atom. The Bertz CT molecular complexity index is 963. The van der Waals surface area contributed by atoms with Crippen LogP contribution in [0.5, 0.6) is 0 Å². The first-order valence-electron chi connectivity index (χ1n) is 11.4. The molecule has 1 aliphatic carbocycles. The summed E-state index contributed by atoms with van der Waals surface area (Å²) in [6.45, 7) is 3.32. The number of hydrogen-bond donors (Lipinski definition) is 0. The van der Waals surface area contributed by atoms with E-state index in [0.717, 1.165) is 69.3 Å². The van der Waals surface area contributed by atoms with Crippen LogP contribution < -0.4 is 0 Å². The molecule has 1 saturated heterocycles. The zero-order valence-corrected chi connectivity index (χ0v) is 19.2. The first kappa shape index (κ1) is 22.4. The third kappa shape index (κ3) is 5.73. The van der Waals surface area contributed by atoms with Crippen molar-refractivity contribution < 1.29 is 12.8 Å². The van der Waals surface area contributed by atoms with Crippen molar-refractivity contribution in [3.05, 3.63) is 71.0 Å². The molecule has 0 unspecified atom stereocenters. The maximum Gasteiger partial charge on any atom is 0.211 e. The van der Waals surface area contributed by atoms with Crippen molar-refractivity contribution in [1.29, 1.82) is 0 Å². The summed E-state index contributed by atoms with van der Waals surface area (Å²) in [5.41, 5.74) is 3.59. The van der Waals surface area contributed by atoms with Gasteiger partial charge in [0.15, 0.2) is 0 Å². The predicted octanol–water partition coefficient (Wildman–Crippen LogP) is 4.91. The highest BCUT2D eigenvalue weighted by molar-refractivity contribution is 7.88. The van der Waals surface area contributed by atoms with Gasteiger partial charge in [0.2, 0.25) is 10.0 Å². The Hall–Kier alpha value is -1.76. The molecule has 6 heteroatoms. The van der Waals surface area contributed by atoms with Gasteiger partial charge in [0.05, 0.1) is 6.26 Å². The van der Waals surface area contributed by atoms with Crippen molar-refractivity contribution in [1.82, 2.24) is 9.21 Å². The highest BCUT2D eigenvalue weighted by Gasteiger charge is 2.31. The van der Waals surface area contributed by atoms with E-state index in [-0.39, 0.29) is 11.9 Å². The summed E-state index contributed by atoms with van der Waals surface area (Å²) in [6, 6.07) is 15.3. The number of benzene rings is 2. The molecule has 1 saturated carbocycles. The van der Waals surface area contributed by atoms with Crippen LogP contribution in [0.1, 0.15) is 61.1 Å². The lowest BCUT2D eigenvalue weighted by molar-refractivity contribution is 0.204. The molecule has 4 rings (SSSR count). The van der Waals surface area contributed by atoms with E-state index in [9.17, 15) is 12.8 Å². The van der Waals surface area contributed by atoms with Crippen molar-refractivity contribution in [2.24, 2.45) is 0 Å². The molecule has 0 bridgehead atoms. The molecular formula is C25H33FN2O2S. The van der Waals surface area contributed by atoms with Crippen molar-refractivity contribution in [2.75, 3.05) is 19.3 Å². The summed E-state index contributed by atoms with van der Waals surface area (Å²) in [5, 5.41) is 0. The molecule has 0 radical (unpaired) electrons. The minimum Gasteiger partial charge on any atom is -0.299 e. The quantitative estimate of drug-likeness (QED) is 0.609. The number of nitrogens with zero attached hydrogens (tertiary/aromatic N) is 2. The van der Waals surface area contributed by atoms with Gasteiger partial charge >= 0.3 is 0 Å². The van der Waals surface area contributed by atoms with Gasteiger partial charge in [0.1, 0.15) is 5.82 Å². The highest BCUT2D eigenvalue weighted by Crippen LogP contribution is 2.33. The topological polar surface area (TPSA) is 40.6 Å². The molecule has 4 nitrogen and oxygen atoms in total. The number of rotatable bonds is 7. The Balaban J connectivity index is 1.43. The Labute approximate surface area is 186 Å². The molecule has 2 aromatic carbocycles. The van der Waals surface area contributed by atoms with E-state index < -0.39 is 10.0 Å². The van der Waals surface area contributed by atoms with Crippen LogP contribution >= 0.6 is 0 Å². The van der Waals surface area contributed by atoms with Crippen LogP contribution in [0.2, 0.25) is 0 Å². The van der Waals surface area contributed by atoms with Crippen molar-refractivity contribution in [2.45, 2.75) is 63.6 Å². The van der Waals surface area contributed by atoms with Gasteiger partial charge in [-0.2, -0.15) is 4.31 Å². The van der Waals surface area contributed by atoms with E-state index >= 15 is 0 Å². The second kappa shape index (κ2) is 9.80. The standard InChI is InChI=1S/C25H33FN2O2S/c1-31(29,30)28(24-7-3-4-8-24)19-22-6-2-5-9-25(22)21-14-16-27(17-15-21)18-20-10-12-23(26)13-11-20/h2,5-6,9-13,21,24H,3-4,7-8,14-19H2,1H3. The van der Waals surface area contributed by atoms with Crippen molar-refractivity contribution in [3.8, 4) is 0 Å². The zero-order valence-electron chi connectivity index (χ0n) is 18.3. The van der Waals surface area contributed by atoms with E-state index in [0.29, 0.717) is 12.5 Å². The molecule has 0 N–H and O–H groups in total. The summed E-state index contributed by atoms with van der Waals surface area (Å²) < 4.78 is 40.0. The largest absolute Gasteiger partial charge is 0.299 e. The molecule has 0 atom stereocenters. The fourth-order valence-corrected chi connectivity index (χ4v) is 6.33. The van der Waals surface area contributed by atoms with Crippen LogP contribution in [0.3, 0.4) is 0 Å². The van der Waals surface area contributed by atoms with Gasteiger partial charge in [-0.05, 0) is 73.5 Å². The van der Waals surface area contributed by atoms with Gasteiger partial charge < -0.3 is 0 Å². The van der Waals surface area contributed by atoms with E-state index in [4.69, 9.17) is 0 Å². The maximum absolute atomic E-state index is 13.2. The Morgan fingerprint density at radius 2 is 1.61 bits per heavy atom. The van der Waals surface area contributed by atoms with Crippen molar-refractivity contribution in [3.63, 3.8) is 0 Å². The normalized spacial score (nSPS) is 19.3. The lowest BCUT2D eigenvalue weighted by Gasteiger charge is -2.34. The third-order valence-electron chi connectivity index (χ3n) is 6.89. The van der Waals surface area contributed by atoms with E-state index in [1.807, 2.05) is 18.2 Å². The molecule has 2 aliphatic rings. The second-order valence-corrected chi connectivity index (χ2v) is 11.1. The van der Waals surface area contributed by atoms with Gasteiger partial charge in [-0.1, -0.05) is 49.2 Å². The zero-order chi connectivity index (χ0) is 21.8. The number of likely N-dealkylation sites (tertiary alicyclic amines) is 1. The SMILES string of the molecule is CS(=O)(=O)N(Cc1ccccc1C1CCN(Cc2ccc(F)cc2)CC1)C1CCCC1. The summed E-state index contributed by atoms with van der Waals surface area (Å²) in [7, 11) is -3.24. The molecule has 0 aromatic heterocycles. The van der Waals surface area contributed by atoms with Crippen LogP contribution in [-0.4, -0.2) is 43.0 Å². The van der Waals surface area contributed by atoms with E-state index in [1.165, 1.54) is 24.0 Å². The van der Waals surface area contributed by atoms with Crippen LogP contribution in [0.4, 0.5) is 4.39 Å². The van der Waals surface area contributed by atoms with Gasteiger partial charge in [0.25, 0.3) is 0 Å². The van der Waals surface area contributed by atoms with Gasteiger partial charge in [0, 0.05) is 19.1 Å². The monoisotopic (exact) mass is 444 g/mol. The fraction of sp³-hybridized carbons (Fsp3) is 0.520. The molecular weight excluding hydrogens is 411 g/mol. The van der Waals surface area contributed by atoms with Gasteiger partial charge in [-0.25, -0.2) is 12.8 Å². The van der Waals surface area contributed by atoms with Gasteiger partial charge in [-0.3, -0.25) is 4.90 Å². The van der Waals surface area contributed by atoms with E-state index in [1.54, 1.807) is 4.31 Å². The fourth-order valence-electron chi connectivity index (χ4n) is 5.20. The molecule has 0 amide bonds. The lowest BCUT2D eigenvalue weighted by atomic mass is 9.86. The smallest absolute Gasteiger partial charge is 0.211 e.